The number of hydrogen-bond donors (Lipinski definition) is 0. The van der Waals surface area contributed by atoms with Crippen LogP contribution in [0.2, 0.25) is 0 Å². The largest absolute Gasteiger partial charge is 0.452 e. The number of fused-ring (bicyclic) bond motifs is 1. The average Bonchev–Trinajstić information content (AvgIpc) is 2.88. The Morgan fingerprint density at radius 1 is 1.29 bits per heavy atom. The number of nitro benzene ring substituents is 1. The summed E-state index contributed by atoms with van der Waals surface area (Å²) in [6.07, 6.45) is 3.42. The first-order chi connectivity index (χ1) is 10.0. The lowest BCUT2D eigenvalue weighted by Crippen LogP contribution is -1.95. The number of nitrogens with zero attached hydrogens (tertiary/aromatic N) is 3. The molecule has 1 aromatic carbocycles. The Labute approximate surface area is 118 Å². The summed E-state index contributed by atoms with van der Waals surface area (Å²) in [5.41, 5.74) is 1.25. The van der Waals surface area contributed by atoms with Crippen molar-refractivity contribution in [3.8, 4) is 11.5 Å². The maximum absolute atomic E-state index is 13.9. The van der Waals surface area contributed by atoms with E-state index in [1.165, 1.54) is 12.1 Å². The van der Waals surface area contributed by atoms with Gasteiger partial charge in [-0.1, -0.05) is 0 Å². The van der Waals surface area contributed by atoms with Crippen LogP contribution in [-0.4, -0.2) is 14.5 Å². The Balaban J connectivity index is 2.02. The fourth-order valence-corrected chi connectivity index (χ4v) is 2.01. The SMILES string of the molecule is Cc1cc(Oc2ccc([N+](=O)[O-])cc2F)c2ccnn2c1. The molecule has 7 heteroatoms. The summed E-state index contributed by atoms with van der Waals surface area (Å²) in [7, 11) is 0. The molecule has 21 heavy (non-hydrogen) atoms. The Kier molecular flexibility index (Phi) is 3.02. The standard InChI is InChI=1S/C14H10FN3O3/c1-9-6-14(12-4-5-16-17(12)8-9)21-13-3-2-10(18(19)20)7-11(13)15/h2-8H,1H3. The van der Waals surface area contributed by atoms with Crippen LogP contribution in [0, 0.1) is 22.9 Å². The molecule has 0 radical (unpaired) electrons. The molecular weight excluding hydrogens is 277 g/mol. The van der Waals surface area contributed by atoms with Crippen molar-refractivity contribution in [2.75, 3.05) is 0 Å². The molecule has 0 amide bonds. The molecule has 0 bridgehead atoms. The number of non-ortho nitro benzene ring substituents is 1. The minimum Gasteiger partial charge on any atom is -0.452 e. The maximum Gasteiger partial charge on any atom is 0.272 e. The lowest BCUT2D eigenvalue weighted by atomic mass is 10.2. The number of aryl methyl sites for hydroxylation is 1. The van der Waals surface area contributed by atoms with Gasteiger partial charge in [-0.3, -0.25) is 10.1 Å². The second-order valence-electron chi connectivity index (χ2n) is 4.52. The van der Waals surface area contributed by atoms with Crippen LogP contribution in [0.25, 0.3) is 5.52 Å². The Hall–Kier alpha value is -2.96. The summed E-state index contributed by atoms with van der Waals surface area (Å²) < 4.78 is 21.0. The predicted octanol–water partition coefficient (Wildman–Crippen LogP) is 3.48. The summed E-state index contributed by atoms with van der Waals surface area (Å²) in [6.45, 7) is 1.86. The molecule has 0 atom stereocenters. The topological polar surface area (TPSA) is 69.7 Å². The number of rotatable bonds is 3. The summed E-state index contributed by atoms with van der Waals surface area (Å²) >= 11 is 0. The number of pyridine rings is 1. The fourth-order valence-electron chi connectivity index (χ4n) is 2.01. The highest BCUT2D eigenvalue weighted by atomic mass is 19.1. The highest BCUT2D eigenvalue weighted by Gasteiger charge is 2.14. The first-order valence-corrected chi connectivity index (χ1v) is 6.10. The molecular formula is C14H10FN3O3. The summed E-state index contributed by atoms with van der Waals surface area (Å²) in [5, 5.41) is 14.7. The molecule has 106 valence electrons. The van der Waals surface area contributed by atoms with Crippen LogP contribution in [0.3, 0.4) is 0 Å². The predicted molar refractivity (Wildman–Crippen MR) is 73.1 cm³/mol. The molecule has 2 heterocycles. The van der Waals surface area contributed by atoms with E-state index in [0.717, 1.165) is 11.6 Å². The van der Waals surface area contributed by atoms with Gasteiger partial charge in [-0.05, 0) is 30.7 Å². The zero-order chi connectivity index (χ0) is 15.0. The Morgan fingerprint density at radius 2 is 2.10 bits per heavy atom. The van der Waals surface area contributed by atoms with Gasteiger partial charge in [0.2, 0.25) is 0 Å². The van der Waals surface area contributed by atoms with Crippen molar-refractivity contribution < 1.29 is 14.1 Å². The van der Waals surface area contributed by atoms with Gasteiger partial charge in [-0.15, -0.1) is 0 Å². The lowest BCUT2D eigenvalue weighted by Gasteiger charge is -2.09. The van der Waals surface area contributed by atoms with E-state index in [4.69, 9.17) is 4.74 Å². The van der Waals surface area contributed by atoms with Gasteiger partial charge in [0.25, 0.3) is 5.69 Å². The van der Waals surface area contributed by atoms with E-state index in [-0.39, 0.29) is 11.4 Å². The van der Waals surface area contributed by atoms with Crippen LogP contribution in [0.5, 0.6) is 11.5 Å². The third-order valence-corrected chi connectivity index (χ3v) is 2.95. The van der Waals surface area contributed by atoms with Gasteiger partial charge in [-0.25, -0.2) is 8.91 Å². The number of benzene rings is 1. The van der Waals surface area contributed by atoms with E-state index >= 15 is 0 Å². The minimum absolute atomic E-state index is 0.0747. The highest BCUT2D eigenvalue weighted by molar-refractivity contribution is 5.61. The molecule has 2 aromatic heterocycles. The number of halogens is 1. The summed E-state index contributed by atoms with van der Waals surface area (Å²) in [5.74, 6) is -0.432. The molecule has 3 rings (SSSR count). The molecule has 0 N–H and O–H groups in total. The summed E-state index contributed by atoms with van der Waals surface area (Å²) in [6, 6.07) is 6.75. The van der Waals surface area contributed by atoms with Gasteiger partial charge in [0.05, 0.1) is 17.2 Å². The van der Waals surface area contributed by atoms with E-state index in [1.54, 1.807) is 22.8 Å². The van der Waals surface area contributed by atoms with E-state index in [9.17, 15) is 14.5 Å². The summed E-state index contributed by atoms with van der Waals surface area (Å²) in [4.78, 5) is 9.94. The van der Waals surface area contributed by atoms with Crippen molar-refractivity contribution in [1.82, 2.24) is 9.61 Å². The molecule has 0 saturated carbocycles. The van der Waals surface area contributed by atoms with Crippen molar-refractivity contribution in [3.05, 3.63) is 64.2 Å². The van der Waals surface area contributed by atoms with Crippen LogP contribution < -0.4 is 4.74 Å². The molecule has 0 aliphatic carbocycles. The number of ether oxygens (including phenoxy) is 1. The van der Waals surface area contributed by atoms with E-state index < -0.39 is 10.7 Å². The highest BCUT2D eigenvalue weighted by Crippen LogP contribution is 2.30. The quantitative estimate of drug-likeness (QED) is 0.546. The lowest BCUT2D eigenvalue weighted by molar-refractivity contribution is -0.385. The Morgan fingerprint density at radius 3 is 2.81 bits per heavy atom. The van der Waals surface area contributed by atoms with Gasteiger partial charge in [0.1, 0.15) is 5.52 Å². The number of aromatic nitrogens is 2. The van der Waals surface area contributed by atoms with E-state index in [1.807, 2.05) is 13.1 Å². The number of nitro groups is 1. The smallest absolute Gasteiger partial charge is 0.272 e. The molecule has 0 aliphatic heterocycles. The van der Waals surface area contributed by atoms with Gasteiger partial charge in [0, 0.05) is 12.3 Å². The van der Waals surface area contributed by atoms with E-state index in [2.05, 4.69) is 5.10 Å². The van der Waals surface area contributed by atoms with E-state index in [0.29, 0.717) is 11.3 Å². The molecule has 0 unspecified atom stereocenters. The number of hydrogen-bond acceptors (Lipinski definition) is 4. The second kappa shape index (κ2) is 4.86. The fraction of sp³-hybridized carbons (Fsp3) is 0.0714. The van der Waals surface area contributed by atoms with Crippen LogP contribution in [0.4, 0.5) is 10.1 Å². The van der Waals surface area contributed by atoms with Crippen molar-refractivity contribution in [2.45, 2.75) is 6.92 Å². The molecule has 0 fully saturated rings. The van der Waals surface area contributed by atoms with Gasteiger partial charge in [0.15, 0.2) is 17.3 Å². The zero-order valence-corrected chi connectivity index (χ0v) is 11.0. The molecule has 3 aromatic rings. The van der Waals surface area contributed by atoms with Crippen LogP contribution in [-0.2, 0) is 0 Å². The normalized spacial score (nSPS) is 10.8. The molecule has 6 nitrogen and oxygen atoms in total. The van der Waals surface area contributed by atoms with Crippen LogP contribution >= 0.6 is 0 Å². The zero-order valence-electron chi connectivity index (χ0n) is 11.0. The van der Waals surface area contributed by atoms with Crippen molar-refractivity contribution in [3.63, 3.8) is 0 Å². The third-order valence-electron chi connectivity index (χ3n) is 2.95. The first-order valence-electron chi connectivity index (χ1n) is 6.10. The third kappa shape index (κ3) is 2.40. The van der Waals surface area contributed by atoms with Crippen molar-refractivity contribution in [2.24, 2.45) is 0 Å². The van der Waals surface area contributed by atoms with Crippen LogP contribution in [0.1, 0.15) is 5.56 Å². The maximum atomic E-state index is 13.9. The first kappa shape index (κ1) is 13.0. The Bertz CT molecular complexity index is 845. The van der Waals surface area contributed by atoms with Gasteiger partial charge in [-0.2, -0.15) is 5.10 Å². The van der Waals surface area contributed by atoms with Gasteiger partial charge < -0.3 is 4.74 Å². The van der Waals surface area contributed by atoms with Gasteiger partial charge >= 0.3 is 0 Å². The molecule has 0 aliphatic rings. The monoisotopic (exact) mass is 287 g/mol. The second-order valence-corrected chi connectivity index (χ2v) is 4.52. The van der Waals surface area contributed by atoms with Crippen molar-refractivity contribution in [1.29, 1.82) is 0 Å². The minimum atomic E-state index is -0.789. The average molecular weight is 287 g/mol. The molecule has 0 spiro atoms. The molecule has 0 saturated heterocycles. The van der Waals surface area contributed by atoms with Crippen molar-refractivity contribution >= 4 is 11.2 Å². The van der Waals surface area contributed by atoms with Crippen LogP contribution in [0.15, 0.2) is 42.7 Å².